The number of piperazine rings is 1. The molecular weight excluding hydrogens is 168 g/mol. The molecule has 0 aromatic carbocycles. The van der Waals surface area contributed by atoms with Crippen LogP contribution in [0.3, 0.4) is 0 Å². The third kappa shape index (κ3) is 1.72. The summed E-state index contributed by atoms with van der Waals surface area (Å²) >= 11 is 0. The van der Waals surface area contributed by atoms with E-state index in [2.05, 4.69) is 9.80 Å². The number of hydrogen-bond donors (Lipinski definition) is 2. The Morgan fingerprint density at radius 3 is 1.69 bits per heavy atom. The Morgan fingerprint density at radius 1 is 0.923 bits per heavy atom. The first-order valence-corrected chi connectivity index (χ1v) is 5.05. The van der Waals surface area contributed by atoms with Gasteiger partial charge in [-0.25, -0.2) is 0 Å². The quantitative estimate of drug-likeness (QED) is 0.575. The molecule has 4 nitrogen and oxygen atoms in total. The molecule has 2 heterocycles. The highest BCUT2D eigenvalue weighted by atomic mass is 16.3. The van der Waals surface area contributed by atoms with Gasteiger partial charge in [-0.1, -0.05) is 0 Å². The topological polar surface area (TPSA) is 46.9 Å². The summed E-state index contributed by atoms with van der Waals surface area (Å²) in [5, 5.41) is 17.7. The summed E-state index contributed by atoms with van der Waals surface area (Å²) in [7, 11) is 0. The molecule has 2 bridgehead atoms. The fourth-order valence-corrected chi connectivity index (χ4v) is 2.64. The number of fused-ring (bicyclic) bond motifs is 2. The predicted octanol–water partition coefficient (Wildman–Crippen LogP) is -1.27. The number of hydrogen-bond acceptors (Lipinski definition) is 4. The van der Waals surface area contributed by atoms with Crippen molar-refractivity contribution in [2.24, 2.45) is 0 Å². The van der Waals surface area contributed by atoms with Gasteiger partial charge in [-0.15, -0.1) is 0 Å². The molecule has 0 aromatic rings. The van der Waals surface area contributed by atoms with Gasteiger partial charge in [0, 0.05) is 38.3 Å². The Balaban J connectivity index is 1.84. The molecule has 76 valence electrons. The lowest BCUT2D eigenvalue weighted by atomic mass is 10.2. The van der Waals surface area contributed by atoms with Crippen molar-refractivity contribution >= 4 is 0 Å². The van der Waals surface area contributed by atoms with Gasteiger partial charge in [-0.3, -0.25) is 9.80 Å². The minimum Gasteiger partial charge on any atom is -0.395 e. The van der Waals surface area contributed by atoms with E-state index in [1.54, 1.807) is 0 Å². The van der Waals surface area contributed by atoms with E-state index < -0.39 is 0 Å². The molecule has 2 saturated heterocycles. The highest BCUT2D eigenvalue weighted by Gasteiger charge is 2.42. The summed E-state index contributed by atoms with van der Waals surface area (Å²) in [6, 6.07) is 1.26. The lowest BCUT2D eigenvalue weighted by Crippen LogP contribution is -2.47. The Hall–Kier alpha value is -0.160. The van der Waals surface area contributed by atoms with E-state index in [1.807, 2.05) is 0 Å². The molecule has 0 aliphatic carbocycles. The molecular formula is C9H18N2O2. The van der Waals surface area contributed by atoms with Crippen molar-refractivity contribution in [1.29, 1.82) is 0 Å². The minimum absolute atomic E-state index is 0.267. The molecule has 2 fully saturated rings. The maximum absolute atomic E-state index is 8.83. The summed E-state index contributed by atoms with van der Waals surface area (Å²) in [6.45, 7) is 4.31. The van der Waals surface area contributed by atoms with Gasteiger partial charge in [0.2, 0.25) is 0 Å². The first-order valence-electron chi connectivity index (χ1n) is 5.05. The van der Waals surface area contributed by atoms with E-state index >= 15 is 0 Å². The molecule has 4 heteroatoms. The van der Waals surface area contributed by atoms with E-state index in [0.717, 1.165) is 26.2 Å². The molecule has 2 aliphatic heterocycles. The molecule has 2 N–H and O–H groups in total. The molecule has 0 spiro atoms. The standard InChI is InChI=1S/C9H18N2O2/c12-3-1-10-6-9-5-8(10)7-11(9)2-4-13/h8-9,12-13H,1-7H2/t8-,9-/m1/s1. The summed E-state index contributed by atoms with van der Waals surface area (Å²) in [6.07, 6.45) is 1.22. The SMILES string of the molecule is OCCN1C[C@H]2C[C@@H]1CN2CCO. The monoisotopic (exact) mass is 186 g/mol. The summed E-state index contributed by atoms with van der Waals surface area (Å²) < 4.78 is 0. The molecule has 2 rings (SSSR count). The van der Waals surface area contributed by atoms with Crippen molar-refractivity contribution < 1.29 is 10.2 Å². The third-order valence-corrected chi connectivity index (χ3v) is 3.24. The summed E-state index contributed by atoms with van der Waals surface area (Å²) in [5.74, 6) is 0. The van der Waals surface area contributed by atoms with Gasteiger partial charge in [0.1, 0.15) is 0 Å². The number of aliphatic hydroxyl groups excluding tert-OH is 2. The number of β-amino-alcohol motifs (C(OH)–C–C–N with tert-alkyl or cyclic N) is 2. The zero-order chi connectivity index (χ0) is 9.26. The molecule has 0 aromatic heterocycles. The van der Waals surface area contributed by atoms with Crippen LogP contribution in [0.25, 0.3) is 0 Å². The van der Waals surface area contributed by atoms with Crippen molar-refractivity contribution in [3.63, 3.8) is 0 Å². The Kier molecular flexibility index (Phi) is 2.83. The number of likely N-dealkylation sites (tertiary alicyclic amines) is 2. The zero-order valence-electron chi connectivity index (χ0n) is 7.89. The van der Waals surface area contributed by atoms with Crippen LogP contribution in [0.15, 0.2) is 0 Å². The van der Waals surface area contributed by atoms with Crippen LogP contribution in [0.5, 0.6) is 0 Å². The normalized spacial score (nSPS) is 34.6. The molecule has 0 unspecified atom stereocenters. The average Bonchev–Trinajstić information content (AvgIpc) is 2.65. The van der Waals surface area contributed by atoms with Crippen molar-refractivity contribution in [2.75, 3.05) is 39.4 Å². The molecule has 0 radical (unpaired) electrons. The van der Waals surface area contributed by atoms with Gasteiger partial charge in [-0.05, 0) is 6.42 Å². The third-order valence-electron chi connectivity index (χ3n) is 3.24. The molecule has 13 heavy (non-hydrogen) atoms. The average molecular weight is 186 g/mol. The highest BCUT2D eigenvalue weighted by molar-refractivity contribution is 4.99. The summed E-state index contributed by atoms with van der Waals surface area (Å²) in [4.78, 5) is 4.72. The van der Waals surface area contributed by atoms with Crippen LogP contribution < -0.4 is 0 Å². The number of nitrogens with zero attached hydrogens (tertiary/aromatic N) is 2. The molecule has 2 atom stereocenters. The lowest BCUT2D eigenvalue weighted by Gasteiger charge is -2.33. The fraction of sp³-hybridized carbons (Fsp3) is 1.00. The van der Waals surface area contributed by atoms with Crippen LogP contribution in [0.1, 0.15) is 6.42 Å². The van der Waals surface area contributed by atoms with Crippen LogP contribution in [0.4, 0.5) is 0 Å². The van der Waals surface area contributed by atoms with Gasteiger partial charge in [-0.2, -0.15) is 0 Å². The summed E-state index contributed by atoms with van der Waals surface area (Å²) in [5.41, 5.74) is 0. The second-order valence-electron chi connectivity index (χ2n) is 3.98. The first-order chi connectivity index (χ1) is 6.35. The highest BCUT2D eigenvalue weighted by Crippen LogP contribution is 2.29. The maximum atomic E-state index is 8.83. The number of rotatable bonds is 4. The Bertz CT molecular complexity index is 159. The van der Waals surface area contributed by atoms with Crippen molar-refractivity contribution in [2.45, 2.75) is 18.5 Å². The smallest absolute Gasteiger partial charge is 0.0558 e. The Morgan fingerprint density at radius 2 is 1.38 bits per heavy atom. The van der Waals surface area contributed by atoms with Gasteiger partial charge in [0.05, 0.1) is 13.2 Å². The fourth-order valence-electron chi connectivity index (χ4n) is 2.64. The first kappa shape index (κ1) is 9.40. The van der Waals surface area contributed by atoms with E-state index in [0.29, 0.717) is 12.1 Å². The van der Waals surface area contributed by atoms with Gasteiger partial charge >= 0.3 is 0 Å². The van der Waals surface area contributed by atoms with Crippen LogP contribution >= 0.6 is 0 Å². The van der Waals surface area contributed by atoms with Crippen LogP contribution in [-0.4, -0.2) is 71.5 Å². The maximum Gasteiger partial charge on any atom is 0.0558 e. The number of aliphatic hydroxyl groups is 2. The van der Waals surface area contributed by atoms with Crippen molar-refractivity contribution in [1.82, 2.24) is 9.80 Å². The van der Waals surface area contributed by atoms with Crippen LogP contribution in [-0.2, 0) is 0 Å². The van der Waals surface area contributed by atoms with Crippen molar-refractivity contribution in [3.8, 4) is 0 Å². The van der Waals surface area contributed by atoms with Crippen LogP contribution in [0.2, 0.25) is 0 Å². The van der Waals surface area contributed by atoms with E-state index in [9.17, 15) is 0 Å². The van der Waals surface area contributed by atoms with Gasteiger partial charge in [0.25, 0.3) is 0 Å². The van der Waals surface area contributed by atoms with Gasteiger partial charge in [0.15, 0.2) is 0 Å². The second kappa shape index (κ2) is 3.92. The molecule has 0 saturated carbocycles. The van der Waals surface area contributed by atoms with E-state index in [4.69, 9.17) is 10.2 Å². The molecule has 2 aliphatic rings. The lowest BCUT2D eigenvalue weighted by molar-refractivity contribution is 0.0952. The minimum atomic E-state index is 0.267. The van der Waals surface area contributed by atoms with E-state index in [-0.39, 0.29) is 13.2 Å². The van der Waals surface area contributed by atoms with Gasteiger partial charge < -0.3 is 10.2 Å². The largest absolute Gasteiger partial charge is 0.395 e. The zero-order valence-corrected chi connectivity index (χ0v) is 7.89. The van der Waals surface area contributed by atoms with Crippen molar-refractivity contribution in [3.05, 3.63) is 0 Å². The van der Waals surface area contributed by atoms with Crippen LogP contribution in [0, 0.1) is 0 Å². The predicted molar refractivity (Wildman–Crippen MR) is 49.5 cm³/mol. The second-order valence-corrected chi connectivity index (χ2v) is 3.98. The Labute approximate surface area is 78.8 Å². The molecule has 0 amide bonds. The van der Waals surface area contributed by atoms with E-state index in [1.165, 1.54) is 6.42 Å².